The number of esters is 1. The van der Waals surface area contributed by atoms with Gasteiger partial charge >= 0.3 is 5.97 Å². The molecule has 112 valence electrons. The first-order valence-electron chi connectivity index (χ1n) is 6.54. The zero-order valence-electron chi connectivity index (χ0n) is 12.0. The highest BCUT2D eigenvalue weighted by Gasteiger charge is 2.08. The first-order valence-corrected chi connectivity index (χ1v) is 7.42. The van der Waals surface area contributed by atoms with E-state index in [-0.39, 0.29) is 12.4 Å². The standard InChI is InChI=1S/C14H17N3O3S/c1-3-20-13(18)7-11-9-21-14(17-11)16-8-10-4-5-15-12(6-10)19-2/h4-6,9H,3,7-8H2,1-2H3,(H,16,17). The van der Waals surface area contributed by atoms with Crippen LogP contribution in [0.1, 0.15) is 18.2 Å². The summed E-state index contributed by atoms with van der Waals surface area (Å²) in [6, 6.07) is 3.77. The summed E-state index contributed by atoms with van der Waals surface area (Å²) in [4.78, 5) is 19.8. The van der Waals surface area contributed by atoms with Crippen LogP contribution in [-0.4, -0.2) is 29.7 Å². The number of anilines is 1. The molecule has 2 aromatic heterocycles. The lowest BCUT2D eigenvalue weighted by Crippen LogP contribution is -2.08. The Morgan fingerprint density at radius 3 is 3.10 bits per heavy atom. The maximum absolute atomic E-state index is 11.4. The van der Waals surface area contributed by atoms with E-state index >= 15 is 0 Å². The summed E-state index contributed by atoms with van der Waals surface area (Å²) < 4.78 is 9.97. The summed E-state index contributed by atoms with van der Waals surface area (Å²) in [7, 11) is 1.59. The highest BCUT2D eigenvalue weighted by Crippen LogP contribution is 2.18. The Balaban J connectivity index is 1.89. The Kier molecular flexibility index (Phi) is 5.51. The average molecular weight is 307 g/mol. The number of carbonyl (C=O) groups is 1. The maximum atomic E-state index is 11.4. The fraction of sp³-hybridized carbons (Fsp3) is 0.357. The van der Waals surface area contributed by atoms with Gasteiger partial charge in [0.2, 0.25) is 5.88 Å². The number of pyridine rings is 1. The molecule has 21 heavy (non-hydrogen) atoms. The molecule has 0 aliphatic carbocycles. The fourth-order valence-electron chi connectivity index (χ4n) is 1.68. The summed E-state index contributed by atoms with van der Waals surface area (Å²) in [5.74, 6) is 0.324. The Labute approximate surface area is 127 Å². The number of thiazole rings is 1. The van der Waals surface area contributed by atoms with E-state index in [2.05, 4.69) is 15.3 Å². The van der Waals surface area contributed by atoms with E-state index in [9.17, 15) is 4.79 Å². The summed E-state index contributed by atoms with van der Waals surface area (Å²) >= 11 is 1.46. The number of methoxy groups -OCH3 is 1. The van der Waals surface area contributed by atoms with Crippen molar-refractivity contribution >= 4 is 22.4 Å². The molecule has 0 unspecified atom stereocenters. The van der Waals surface area contributed by atoms with E-state index in [1.54, 1.807) is 20.2 Å². The number of rotatable bonds is 7. The van der Waals surface area contributed by atoms with Crippen LogP contribution in [0.5, 0.6) is 5.88 Å². The van der Waals surface area contributed by atoms with E-state index in [4.69, 9.17) is 9.47 Å². The molecule has 2 rings (SSSR count). The van der Waals surface area contributed by atoms with Crippen LogP contribution in [-0.2, 0) is 22.5 Å². The molecule has 2 heterocycles. The molecule has 0 atom stereocenters. The van der Waals surface area contributed by atoms with Gasteiger partial charge in [0.1, 0.15) is 0 Å². The number of hydrogen-bond acceptors (Lipinski definition) is 7. The molecule has 0 aromatic carbocycles. The van der Waals surface area contributed by atoms with Crippen LogP contribution in [0, 0.1) is 0 Å². The molecule has 0 aliphatic rings. The molecule has 0 aliphatic heterocycles. The van der Waals surface area contributed by atoms with Crippen molar-refractivity contribution in [2.24, 2.45) is 0 Å². The minimum absolute atomic E-state index is 0.203. The third kappa shape index (κ3) is 4.71. The molecule has 0 amide bonds. The van der Waals surface area contributed by atoms with Crippen LogP contribution in [0.25, 0.3) is 0 Å². The van der Waals surface area contributed by atoms with Gasteiger partial charge in [0.15, 0.2) is 5.13 Å². The molecule has 0 spiro atoms. The van der Waals surface area contributed by atoms with Gasteiger partial charge in [-0.1, -0.05) is 0 Å². The summed E-state index contributed by atoms with van der Waals surface area (Å²) in [5.41, 5.74) is 1.76. The van der Waals surface area contributed by atoms with Gasteiger partial charge in [-0.2, -0.15) is 0 Å². The predicted molar refractivity (Wildman–Crippen MR) is 80.6 cm³/mol. The van der Waals surface area contributed by atoms with E-state index in [0.717, 1.165) is 10.7 Å². The Hall–Kier alpha value is -2.15. The van der Waals surface area contributed by atoms with Crippen molar-refractivity contribution in [1.29, 1.82) is 0 Å². The van der Waals surface area contributed by atoms with E-state index in [0.29, 0.717) is 24.7 Å². The number of carbonyl (C=O) groups excluding carboxylic acids is 1. The second-order valence-electron chi connectivity index (χ2n) is 4.19. The van der Waals surface area contributed by atoms with Crippen molar-refractivity contribution in [3.63, 3.8) is 0 Å². The van der Waals surface area contributed by atoms with Crippen LogP contribution in [0.4, 0.5) is 5.13 Å². The van der Waals surface area contributed by atoms with E-state index < -0.39 is 0 Å². The maximum Gasteiger partial charge on any atom is 0.311 e. The molecule has 0 saturated carbocycles. The van der Waals surface area contributed by atoms with Gasteiger partial charge in [-0.25, -0.2) is 9.97 Å². The molecule has 0 saturated heterocycles. The van der Waals surface area contributed by atoms with Gasteiger partial charge in [-0.05, 0) is 18.6 Å². The van der Waals surface area contributed by atoms with Gasteiger partial charge in [-0.15, -0.1) is 11.3 Å². The highest BCUT2D eigenvalue weighted by atomic mass is 32.1. The Bertz CT molecular complexity index is 601. The monoisotopic (exact) mass is 307 g/mol. The van der Waals surface area contributed by atoms with Crippen LogP contribution in [0.2, 0.25) is 0 Å². The number of nitrogens with zero attached hydrogens (tertiary/aromatic N) is 2. The van der Waals surface area contributed by atoms with E-state index in [1.165, 1.54) is 11.3 Å². The van der Waals surface area contributed by atoms with Crippen molar-refractivity contribution in [1.82, 2.24) is 9.97 Å². The highest BCUT2D eigenvalue weighted by molar-refractivity contribution is 7.13. The third-order valence-corrected chi connectivity index (χ3v) is 3.48. The van der Waals surface area contributed by atoms with Gasteiger partial charge in [0.05, 0.1) is 25.8 Å². The number of nitrogens with one attached hydrogen (secondary N) is 1. The lowest BCUT2D eigenvalue weighted by atomic mass is 10.2. The molecule has 0 fully saturated rings. The van der Waals surface area contributed by atoms with Gasteiger partial charge < -0.3 is 14.8 Å². The van der Waals surface area contributed by atoms with E-state index in [1.807, 2.05) is 17.5 Å². The Morgan fingerprint density at radius 2 is 2.33 bits per heavy atom. The predicted octanol–water partition coefficient (Wildman–Crippen LogP) is 2.26. The van der Waals surface area contributed by atoms with Crippen molar-refractivity contribution < 1.29 is 14.3 Å². The molecule has 0 radical (unpaired) electrons. The molecule has 2 aromatic rings. The lowest BCUT2D eigenvalue weighted by Gasteiger charge is -2.04. The zero-order valence-corrected chi connectivity index (χ0v) is 12.8. The molecule has 0 bridgehead atoms. The normalized spacial score (nSPS) is 10.2. The third-order valence-electron chi connectivity index (χ3n) is 2.63. The van der Waals surface area contributed by atoms with Crippen LogP contribution < -0.4 is 10.1 Å². The Morgan fingerprint density at radius 1 is 1.48 bits per heavy atom. The summed E-state index contributed by atoms with van der Waals surface area (Å²) in [6.07, 6.45) is 1.90. The van der Waals surface area contributed by atoms with Gasteiger partial charge in [-0.3, -0.25) is 4.79 Å². The average Bonchev–Trinajstić information content (AvgIpc) is 2.93. The second-order valence-corrected chi connectivity index (χ2v) is 5.04. The van der Waals surface area contributed by atoms with Crippen LogP contribution in [0.3, 0.4) is 0 Å². The molecular weight excluding hydrogens is 290 g/mol. The number of aromatic nitrogens is 2. The quantitative estimate of drug-likeness (QED) is 0.791. The molecular formula is C14H17N3O3S. The van der Waals surface area contributed by atoms with Crippen molar-refractivity contribution in [2.75, 3.05) is 19.0 Å². The SMILES string of the molecule is CCOC(=O)Cc1csc(NCc2ccnc(OC)c2)n1. The second kappa shape index (κ2) is 7.58. The van der Waals surface area contributed by atoms with Crippen LogP contribution in [0.15, 0.2) is 23.7 Å². The summed E-state index contributed by atoms with van der Waals surface area (Å²) in [5, 5.41) is 5.83. The smallest absolute Gasteiger partial charge is 0.311 e. The number of ether oxygens (including phenoxy) is 2. The first kappa shape index (κ1) is 15.2. The van der Waals surface area contributed by atoms with Gasteiger partial charge in [0.25, 0.3) is 0 Å². The molecule has 7 heteroatoms. The summed E-state index contributed by atoms with van der Waals surface area (Å²) in [6.45, 7) is 2.79. The minimum atomic E-state index is -0.256. The topological polar surface area (TPSA) is 73.3 Å². The van der Waals surface area contributed by atoms with Gasteiger partial charge in [0, 0.05) is 24.2 Å². The largest absolute Gasteiger partial charge is 0.481 e. The first-order chi connectivity index (χ1) is 10.2. The van der Waals surface area contributed by atoms with Crippen molar-refractivity contribution in [2.45, 2.75) is 19.9 Å². The lowest BCUT2D eigenvalue weighted by molar-refractivity contribution is -0.142. The molecule has 6 nitrogen and oxygen atoms in total. The number of hydrogen-bond donors (Lipinski definition) is 1. The molecule has 1 N–H and O–H groups in total. The van der Waals surface area contributed by atoms with Crippen molar-refractivity contribution in [3.8, 4) is 5.88 Å². The minimum Gasteiger partial charge on any atom is -0.481 e. The van der Waals surface area contributed by atoms with Crippen LogP contribution >= 0.6 is 11.3 Å². The fourth-order valence-corrected chi connectivity index (χ4v) is 2.39. The van der Waals surface area contributed by atoms with Crippen molar-refractivity contribution in [3.05, 3.63) is 35.0 Å². The zero-order chi connectivity index (χ0) is 15.1.